The molecule has 0 aliphatic carbocycles. The molecule has 1 aromatic heterocycles. The van der Waals surface area contributed by atoms with E-state index in [-0.39, 0.29) is 40.2 Å². The molecular weight excluding hydrogens is 443 g/mol. The molecule has 4 rings (SSSR count). The molecular formula is C21H18F3N5O2S. The average Bonchev–Trinajstić information content (AvgIpc) is 3.15. The third-order valence-electron chi connectivity index (χ3n) is 5.48. The lowest BCUT2D eigenvalue weighted by Gasteiger charge is -2.37. The van der Waals surface area contributed by atoms with Crippen molar-refractivity contribution in [2.24, 2.45) is 16.6 Å². The number of aliphatic imine (C=N–C) groups is 1. The minimum atomic E-state index is -3.15. The number of carbonyl (C=O) groups excluding carboxylic acids is 1. The molecule has 166 valence electrons. The van der Waals surface area contributed by atoms with E-state index in [1.807, 2.05) is 0 Å². The van der Waals surface area contributed by atoms with Crippen molar-refractivity contribution in [2.75, 3.05) is 17.7 Å². The van der Waals surface area contributed by atoms with Crippen molar-refractivity contribution in [3.05, 3.63) is 65.0 Å². The highest BCUT2D eigenvalue weighted by Gasteiger charge is 2.59. The van der Waals surface area contributed by atoms with Crippen LogP contribution in [0, 0.1) is 18.3 Å². The number of alkyl halides is 2. The van der Waals surface area contributed by atoms with Gasteiger partial charge in [0.2, 0.25) is 5.69 Å². The third kappa shape index (κ3) is 3.91. The highest BCUT2D eigenvalue weighted by Crippen LogP contribution is 2.51. The maximum atomic E-state index is 15.0. The van der Waals surface area contributed by atoms with E-state index in [2.05, 4.69) is 20.1 Å². The second-order valence-electron chi connectivity index (χ2n) is 7.64. The Hall–Kier alpha value is -3.10. The number of hydrogen-bond acceptors (Lipinski definition) is 6. The summed E-state index contributed by atoms with van der Waals surface area (Å²) in [4.78, 5) is 24.0. The van der Waals surface area contributed by atoms with E-state index >= 15 is 0 Å². The lowest BCUT2D eigenvalue weighted by atomic mass is 9.77. The number of anilines is 1. The van der Waals surface area contributed by atoms with Gasteiger partial charge in [0.15, 0.2) is 5.17 Å². The maximum Gasteiger partial charge on any atom is 0.274 e. The number of thioether (sulfide) groups is 1. The zero-order chi connectivity index (χ0) is 23.1. The van der Waals surface area contributed by atoms with Gasteiger partial charge in [-0.05, 0) is 24.3 Å². The number of aromatic nitrogens is 1. The first-order valence-corrected chi connectivity index (χ1v) is 10.5. The van der Waals surface area contributed by atoms with Crippen LogP contribution < -0.4 is 11.1 Å². The summed E-state index contributed by atoms with van der Waals surface area (Å²) < 4.78 is 48.8. The van der Waals surface area contributed by atoms with Crippen LogP contribution in [-0.4, -0.2) is 40.4 Å². The summed E-state index contributed by atoms with van der Waals surface area (Å²) in [6, 6.07) is 6.69. The van der Waals surface area contributed by atoms with E-state index < -0.39 is 35.2 Å². The quantitative estimate of drug-likeness (QED) is 0.673. The van der Waals surface area contributed by atoms with Crippen molar-refractivity contribution in [1.29, 1.82) is 0 Å². The number of pyridine rings is 1. The molecule has 11 heteroatoms. The molecule has 2 aromatic rings. The predicted molar refractivity (Wildman–Crippen MR) is 114 cm³/mol. The van der Waals surface area contributed by atoms with Crippen LogP contribution in [0.4, 0.5) is 24.5 Å². The van der Waals surface area contributed by atoms with Crippen LogP contribution in [0.2, 0.25) is 0 Å². The van der Waals surface area contributed by atoms with E-state index in [0.29, 0.717) is 0 Å². The molecule has 0 radical (unpaired) electrons. The van der Waals surface area contributed by atoms with Gasteiger partial charge >= 0.3 is 0 Å². The smallest absolute Gasteiger partial charge is 0.274 e. The molecule has 1 amide bonds. The molecule has 3 heterocycles. The molecule has 2 aliphatic heterocycles. The largest absolute Gasteiger partial charge is 0.379 e. The minimum Gasteiger partial charge on any atom is -0.379 e. The van der Waals surface area contributed by atoms with Crippen LogP contribution in [-0.2, 0) is 10.3 Å². The Bertz CT molecular complexity index is 1130. The topological polar surface area (TPSA) is 94.0 Å². The van der Waals surface area contributed by atoms with Gasteiger partial charge in [-0.3, -0.25) is 9.78 Å². The normalized spacial score (nSPS) is 24.9. The molecule has 1 saturated heterocycles. The predicted octanol–water partition coefficient (Wildman–Crippen LogP) is 3.95. The molecule has 32 heavy (non-hydrogen) atoms. The first-order chi connectivity index (χ1) is 15.1. The first kappa shape index (κ1) is 22.1. The molecule has 0 spiro atoms. The standard InChI is InChI=1S/C21H18F3N5O2S/c1-20(23,24)17-14-9-32-19(25)29-21(14,10-31-17)13-7-11(3-5-15(13)22)28-18(30)16-6-4-12(26-2)8-27-16/h3-8,14,17H,9-10H2,1H3,(H2,25,29)(H,28,30). The Morgan fingerprint density at radius 3 is 2.84 bits per heavy atom. The summed E-state index contributed by atoms with van der Waals surface area (Å²) in [6.45, 7) is 7.44. The van der Waals surface area contributed by atoms with Crippen LogP contribution in [0.1, 0.15) is 23.0 Å². The van der Waals surface area contributed by atoms with Crippen molar-refractivity contribution in [1.82, 2.24) is 4.98 Å². The molecule has 3 N–H and O–H groups in total. The number of fused-ring (bicyclic) bond motifs is 1. The summed E-state index contributed by atoms with van der Waals surface area (Å²) >= 11 is 1.12. The van der Waals surface area contributed by atoms with Gasteiger partial charge in [0.05, 0.1) is 13.2 Å². The van der Waals surface area contributed by atoms with Crippen molar-refractivity contribution >= 4 is 34.2 Å². The van der Waals surface area contributed by atoms with Crippen molar-refractivity contribution in [3.63, 3.8) is 0 Å². The Morgan fingerprint density at radius 2 is 2.19 bits per heavy atom. The fraction of sp³-hybridized carbons (Fsp3) is 0.333. The number of amidine groups is 1. The third-order valence-corrected chi connectivity index (χ3v) is 6.39. The maximum absolute atomic E-state index is 15.0. The molecule has 3 unspecified atom stereocenters. The fourth-order valence-corrected chi connectivity index (χ4v) is 5.02. The molecule has 3 atom stereocenters. The summed E-state index contributed by atoms with van der Waals surface area (Å²) in [6.07, 6.45) is -0.186. The molecule has 1 fully saturated rings. The summed E-state index contributed by atoms with van der Waals surface area (Å²) in [5, 5.41) is 2.77. The number of nitrogens with one attached hydrogen (secondary N) is 1. The second kappa shape index (κ2) is 8.11. The van der Waals surface area contributed by atoms with Crippen LogP contribution in [0.15, 0.2) is 41.5 Å². The number of nitrogens with two attached hydrogens (primary N) is 1. The van der Waals surface area contributed by atoms with Gasteiger partial charge in [-0.25, -0.2) is 23.0 Å². The highest BCUT2D eigenvalue weighted by atomic mass is 32.2. The fourth-order valence-electron chi connectivity index (χ4n) is 3.99. The van der Waals surface area contributed by atoms with Crippen LogP contribution in [0.25, 0.3) is 4.85 Å². The van der Waals surface area contributed by atoms with Gasteiger partial charge in [-0.1, -0.05) is 17.8 Å². The van der Waals surface area contributed by atoms with Gasteiger partial charge in [-0.15, -0.1) is 0 Å². The Labute approximate surface area is 186 Å². The number of benzene rings is 1. The van der Waals surface area contributed by atoms with Crippen molar-refractivity contribution in [2.45, 2.75) is 24.5 Å². The van der Waals surface area contributed by atoms with E-state index in [1.165, 1.54) is 30.5 Å². The SMILES string of the molecule is [C-]#[N+]c1ccc(C(=O)Nc2ccc(F)c(C34COC(C(C)(F)F)C3CSC(N)=N4)c2)nc1. The van der Waals surface area contributed by atoms with Crippen LogP contribution in [0.3, 0.4) is 0 Å². The number of carbonyl (C=O) groups is 1. The van der Waals surface area contributed by atoms with Gasteiger partial charge in [0, 0.05) is 36.0 Å². The summed E-state index contributed by atoms with van der Waals surface area (Å²) in [5.41, 5.74) is 5.05. The highest BCUT2D eigenvalue weighted by molar-refractivity contribution is 8.13. The summed E-state index contributed by atoms with van der Waals surface area (Å²) in [5.74, 6) is -5.02. The summed E-state index contributed by atoms with van der Waals surface area (Å²) in [7, 11) is 0. The lowest BCUT2D eigenvalue weighted by molar-refractivity contribution is -0.113. The second-order valence-corrected chi connectivity index (χ2v) is 8.68. The zero-order valence-electron chi connectivity index (χ0n) is 16.8. The number of hydrogen-bond donors (Lipinski definition) is 2. The average molecular weight is 461 g/mol. The van der Waals surface area contributed by atoms with E-state index in [9.17, 15) is 18.0 Å². The van der Waals surface area contributed by atoms with Crippen LogP contribution >= 0.6 is 11.8 Å². The molecule has 0 bridgehead atoms. The number of nitrogens with zero attached hydrogens (tertiary/aromatic N) is 3. The molecule has 1 aromatic carbocycles. The zero-order valence-corrected chi connectivity index (χ0v) is 17.6. The van der Waals surface area contributed by atoms with Crippen molar-refractivity contribution in [3.8, 4) is 0 Å². The molecule has 2 aliphatic rings. The Balaban J connectivity index is 1.69. The number of ether oxygens (including phenoxy) is 1. The minimum absolute atomic E-state index is 0.0200. The lowest BCUT2D eigenvalue weighted by Crippen LogP contribution is -2.46. The molecule has 0 saturated carbocycles. The number of amides is 1. The van der Waals surface area contributed by atoms with Gasteiger partial charge in [0.1, 0.15) is 23.2 Å². The van der Waals surface area contributed by atoms with E-state index in [1.54, 1.807) is 0 Å². The van der Waals surface area contributed by atoms with E-state index in [4.69, 9.17) is 17.0 Å². The molecule has 7 nitrogen and oxygen atoms in total. The number of halogens is 3. The Morgan fingerprint density at radius 1 is 1.41 bits per heavy atom. The van der Waals surface area contributed by atoms with Crippen molar-refractivity contribution < 1.29 is 22.7 Å². The van der Waals surface area contributed by atoms with Gasteiger partial charge in [0.25, 0.3) is 11.8 Å². The van der Waals surface area contributed by atoms with Gasteiger partial charge < -0.3 is 15.8 Å². The van der Waals surface area contributed by atoms with E-state index in [0.717, 1.165) is 24.8 Å². The Kier molecular flexibility index (Phi) is 5.60. The van der Waals surface area contributed by atoms with Crippen LogP contribution in [0.5, 0.6) is 0 Å². The first-order valence-electron chi connectivity index (χ1n) is 9.56. The van der Waals surface area contributed by atoms with Gasteiger partial charge in [-0.2, -0.15) is 0 Å². The number of rotatable bonds is 4. The monoisotopic (exact) mass is 461 g/mol.